The van der Waals surface area contributed by atoms with Gasteiger partial charge in [-0.1, -0.05) is 35.6 Å². The van der Waals surface area contributed by atoms with Gasteiger partial charge in [0.2, 0.25) is 11.8 Å². The molecule has 0 fully saturated rings. The van der Waals surface area contributed by atoms with E-state index in [-0.39, 0.29) is 36.7 Å². The molecule has 0 aliphatic carbocycles. The highest BCUT2D eigenvalue weighted by Crippen LogP contribution is 2.07. The third-order valence-corrected chi connectivity index (χ3v) is 4.93. The molecule has 1 atom stereocenters. The molecule has 0 spiro atoms. The van der Waals surface area contributed by atoms with E-state index in [4.69, 9.17) is 10.5 Å². The van der Waals surface area contributed by atoms with Crippen molar-refractivity contribution in [3.63, 3.8) is 0 Å². The molecule has 9 heteroatoms. The molecule has 1 unspecified atom stereocenters. The molecule has 0 aliphatic heterocycles. The van der Waals surface area contributed by atoms with Crippen molar-refractivity contribution < 1.29 is 19.1 Å². The van der Waals surface area contributed by atoms with Crippen molar-refractivity contribution in [2.45, 2.75) is 38.1 Å². The lowest BCUT2D eigenvalue weighted by molar-refractivity contribution is -0.144. The second kappa shape index (κ2) is 10.7. The Hall–Kier alpha value is -0.933. The summed E-state index contributed by atoms with van der Waals surface area (Å²) < 4.78 is 5.10. The fourth-order valence-electron chi connectivity index (χ4n) is 1.32. The van der Waals surface area contributed by atoms with E-state index in [1.165, 1.54) is 0 Å². The van der Waals surface area contributed by atoms with Gasteiger partial charge in [0.25, 0.3) is 0 Å². The number of amides is 2. The number of alkyl halides is 1. The first-order chi connectivity index (χ1) is 10.2. The van der Waals surface area contributed by atoms with Crippen molar-refractivity contribution in [1.29, 1.82) is 0 Å². The SMILES string of the molecule is C[Si](C)(C)CCOC(=O)C(N)CNC(=O)CCNC(=O)CBr. The van der Waals surface area contributed by atoms with Crippen LogP contribution in [0.25, 0.3) is 0 Å². The Kier molecular flexibility index (Phi) is 10.3. The molecular weight excluding hydrogens is 370 g/mol. The number of carbonyl (C=O) groups excluding carboxylic acids is 3. The van der Waals surface area contributed by atoms with Crippen LogP contribution in [0.1, 0.15) is 6.42 Å². The minimum Gasteiger partial charge on any atom is -0.465 e. The number of ether oxygens (including phenoxy) is 1. The maximum absolute atomic E-state index is 11.6. The van der Waals surface area contributed by atoms with E-state index in [0.717, 1.165) is 6.04 Å². The minimum atomic E-state index is -1.25. The van der Waals surface area contributed by atoms with Crippen molar-refractivity contribution in [3.8, 4) is 0 Å². The largest absolute Gasteiger partial charge is 0.465 e. The number of hydrogen-bond donors (Lipinski definition) is 3. The molecule has 0 radical (unpaired) electrons. The van der Waals surface area contributed by atoms with Crippen LogP contribution in [0.3, 0.4) is 0 Å². The van der Waals surface area contributed by atoms with Gasteiger partial charge in [0.1, 0.15) is 6.04 Å². The van der Waals surface area contributed by atoms with Crippen molar-refractivity contribution >= 4 is 41.8 Å². The highest BCUT2D eigenvalue weighted by Gasteiger charge is 2.18. The molecule has 0 bridgehead atoms. The molecule has 0 aromatic rings. The maximum atomic E-state index is 11.6. The second-order valence-electron chi connectivity index (χ2n) is 6.12. The fourth-order valence-corrected chi connectivity index (χ4v) is 2.24. The lowest BCUT2D eigenvalue weighted by atomic mass is 10.3. The van der Waals surface area contributed by atoms with Crippen molar-refractivity contribution in [3.05, 3.63) is 0 Å². The van der Waals surface area contributed by atoms with Crippen molar-refractivity contribution in [1.82, 2.24) is 10.6 Å². The molecule has 0 heterocycles. The van der Waals surface area contributed by atoms with Gasteiger partial charge in [-0.25, -0.2) is 0 Å². The number of nitrogens with one attached hydrogen (secondary N) is 2. The molecule has 7 nitrogen and oxygen atoms in total. The van der Waals surface area contributed by atoms with Gasteiger partial charge in [0.05, 0.1) is 11.9 Å². The van der Waals surface area contributed by atoms with E-state index in [1.54, 1.807) is 0 Å². The first-order valence-corrected chi connectivity index (χ1v) is 12.0. The molecule has 2 amide bonds. The first-order valence-electron chi connectivity index (χ1n) is 7.17. The Morgan fingerprint density at radius 2 is 1.82 bits per heavy atom. The number of halogens is 1. The lowest BCUT2D eigenvalue weighted by Gasteiger charge is -2.17. The normalized spacial score (nSPS) is 12.4. The molecule has 128 valence electrons. The number of rotatable bonds is 10. The van der Waals surface area contributed by atoms with Crippen molar-refractivity contribution in [2.75, 3.05) is 25.0 Å². The highest BCUT2D eigenvalue weighted by molar-refractivity contribution is 9.09. The number of esters is 1. The van der Waals surface area contributed by atoms with Crippen LogP contribution in [-0.4, -0.2) is 56.9 Å². The predicted molar refractivity (Wildman–Crippen MR) is 91.5 cm³/mol. The zero-order valence-corrected chi connectivity index (χ0v) is 16.0. The summed E-state index contributed by atoms with van der Waals surface area (Å²) in [6.45, 7) is 7.21. The lowest BCUT2D eigenvalue weighted by Crippen LogP contribution is -2.44. The van der Waals surface area contributed by atoms with E-state index in [0.29, 0.717) is 6.61 Å². The van der Waals surface area contributed by atoms with Crippen LogP contribution in [-0.2, 0) is 19.1 Å². The second-order valence-corrected chi connectivity index (χ2v) is 12.3. The summed E-state index contributed by atoms with van der Waals surface area (Å²) >= 11 is 3.00. The summed E-state index contributed by atoms with van der Waals surface area (Å²) in [4.78, 5) is 34.1. The van der Waals surface area contributed by atoms with Crippen LogP contribution in [0.2, 0.25) is 25.7 Å². The molecule has 0 saturated carbocycles. The average molecular weight is 396 g/mol. The summed E-state index contributed by atoms with van der Waals surface area (Å²) in [7, 11) is -1.25. The number of hydrogen-bond acceptors (Lipinski definition) is 5. The Labute approximate surface area is 140 Å². The van der Waals surface area contributed by atoms with E-state index in [9.17, 15) is 14.4 Å². The Morgan fingerprint density at radius 3 is 2.36 bits per heavy atom. The van der Waals surface area contributed by atoms with Crippen LogP contribution in [0.15, 0.2) is 0 Å². The Bertz CT molecular complexity index is 388. The average Bonchev–Trinajstić information content (AvgIpc) is 2.42. The van der Waals surface area contributed by atoms with Gasteiger partial charge in [0.15, 0.2) is 0 Å². The number of carbonyl (C=O) groups is 3. The van der Waals surface area contributed by atoms with E-state index in [2.05, 4.69) is 46.2 Å². The highest BCUT2D eigenvalue weighted by atomic mass is 79.9. The molecule has 0 rings (SSSR count). The van der Waals surface area contributed by atoms with Gasteiger partial charge < -0.3 is 21.1 Å². The first kappa shape index (κ1) is 21.1. The zero-order valence-electron chi connectivity index (χ0n) is 13.4. The molecule has 4 N–H and O–H groups in total. The minimum absolute atomic E-state index is 0.0248. The fraction of sp³-hybridized carbons (Fsp3) is 0.769. The molecule has 0 saturated heterocycles. The standard InChI is InChI=1S/C13H26BrN3O4Si/c1-22(2,3)7-6-21-13(20)10(15)9-17-11(18)4-5-16-12(19)8-14/h10H,4-9,15H2,1-3H3,(H,16,19)(H,17,18). The molecule has 0 aromatic carbocycles. The van der Waals surface area contributed by atoms with Gasteiger partial charge in [0, 0.05) is 27.6 Å². The maximum Gasteiger partial charge on any atom is 0.324 e. The topological polar surface area (TPSA) is 111 Å². The van der Waals surface area contributed by atoms with Crippen LogP contribution >= 0.6 is 15.9 Å². The van der Waals surface area contributed by atoms with Crippen LogP contribution in [0.4, 0.5) is 0 Å². The monoisotopic (exact) mass is 395 g/mol. The zero-order chi connectivity index (χ0) is 17.2. The third kappa shape index (κ3) is 11.7. The Balaban J connectivity index is 3.82. The van der Waals surface area contributed by atoms with Gasteiger partial charge >= 0.3 is 5.97 Å². The van der Waals surface area contributed by atoms with Gasteiger partial charge in [-0.2, -0.15) is 0 Å². The quantitative estimate of drug-likeness (QED) is 0.278. The van der Waals surface area contributed by atoms with Gasteiger partial charge in [-0.15, -0.1) is 0 Å². The van der Waals surface area contributed by atoms with Crippen LogP contribution in [0, 0.1) is 0 Å². The van der Waals surface area contributed by atoms with Crippen LogP contribution in [0.5, 0.6) is 0 Å². The van der Waals surface area contributed by atoms with E-state index < -0.39 is 20.1 Å². The summed E-state index contributed by atoms with van der Waals surface area (Å²) in [5.41, 5.74) is 5.66. The van der Waals surface area contributed by atoms with Crippen molar-refractivity contribution in [2.24, 2.45) is 5.73 Å². The van der Waals surface area contributed by atoms with Gasteiger partial charge in [-0.05, 0) is 6.04 Å². The third-order valence-electron chi connectivity index (χ3n) is 2.71. The summed E-state index contributed by atoms with van der Waals surface area (Å²) in [6.07, 6.45) is 0.135. The van der Waals surface area contributed by atoms with E-state index >= 15 is 0 Å². The molecule has 22 heavy (non-hydrogen) atoms. The summed E-state index contributed by atoms with van der Waals surface area (Å²) in [5.74, 6) is -0.971. The molecular formula is C13H26BrN3O4Si. The van der Waals surface area contributed by atoms with Gasteiger partial charge in [-0.3, -0.25) is 14.4 Å². The Morgan fingerprint density at radius 1 is 1.18 bits per heavy atom. The molecule has 0 aliphatic rings. The summed E-state index contributed by atoms with van der Waals surface area (Å²) in [6, 6.07) is 0.00756. The van der Waals surface area contributed by atoms with E-state index in [1.807, 2.05) is 0 Å². The smallest absolute Gasteiger partial charge is 0.324 e. The molecule has 0 aromatic heterocycles. The number of nitrogens with two attached hydrogens (primary N) is 1. The predicted octanol–water partition coefficient (Wildman–Crippen LogP) is 0.213. The summed E-state index contributed by atoms with van der Waals surface area (Å²) in [5, 5.41) is 5.29. The van der Waals surface area contributed by atoms with Crippen LogP contribution < -0.4 is 16.4 Å².